The van der Waals surface area contributed by atoms with Gasteiger partial charge in [-0.05, 0) is 36.9 Å². The number of fused-ring (bicyclic) bond motifs is 1. The van der Waals surface area contributed by atoms with E-state index in [9.17, 15) is 18.3 Å². The Hall–Kier alpha value is -2.27. The molecule has 32 heavy (non-hydrogen) atoms. The quantitative estimate of drug-likeness (QED) is 0.656. The molecule has 10 heteroatoms. The van der Waals surface area contributed by atoms with E-state index < -0.39 is 22.2 Å². The molecule has 0 fully saturated rings. The number of allylic oxidation sites excluding steroid dienone is 1. The van der Waals surface area contributed by atoms with E-state index in [1.165, 1.54) is 11.4 Å². The molecule has 0 aromatic carbocycles. The van der Waals surface area contributed by atoms with Gasteiger partial charge in [-0.25, -0.2) is 13.4 Å². The second kappa shape index (κ2) is 10.1. The van der Waals surface area contributed by atoms with E-state index in [-0.39, 0.29) is 35.1 Å². The van der Waals surface area contributed by atoms with Crippen LogP contribution in [0.2, 0.25) is 0 Å². The monoisotopic (exact) mass is 479 g/mol. The number of hydrogen-bond acceptors (Lipinski definition) is 7. The highest BCUT2D eigenvalue weighted by Gasteiger charge is 2.36. The Morgan fingerprint density at radius 3 is 2.84 bits per heavy atom. The Bertz CT molecular complexity index is 1070. The van der Waals surface area contributed by atoms with Gasteiger partial charge in [0.05, 0.1) is 19.2 Å². The number of carbonyl (C=O) groups is 1. The van der Waals surface area contributed by atoms with Crippen molar-refractivity contribution >= 4 is 33.3 Å². The Balaban J connectivity index is 1.98. The van der Waals surface area contributed by atoms with Crippen LogP contribution in [0.4, 0.5) is 0 Å². The van der Waals surface area contributed by atoms with Crippen LogP contribution >= 0.6 is 11.3 Å². The molecule has 1 amide bonds. The maximum atomic E-state index is 13.3. The zero-order chi connectivity index (χ0) is 23.5. The van der Waals surface area contributed by atoms with E-state index >= 15 is 0 Å². The Kier molecular flexibility index (Phi) is 7.71. The van der Waals surface area contributed by atoms with Crippen LogP contribution in [0, 0.1) is 5.92 Å². The van der Waals surface area contributed by atoms with Gasteiger partial charge in [0, 0.05) is 25.7 Å². The van der Waals surface area contributed by atoms with Crippen molar-refractivity contribution in [2.45, 2.75) is 37.1 Å². The topological polar surface area (TPSA) is 100 Å². The normalized spacial score (nSPS) is 20.7. The first-order valence-electron chi connectivity index (χ1n) is 10.4. The summed E-state index contributed by atoms with van der Waals surface area (Å²) in [6.45, 7) is 5.77. The third kappa shape index (κ3) is 5.03. The summed E-state index contributed by atoms with van der Waals surface area (Å²) in [6.07, 6.45) is 4.75. The first-order valence-corrected chi connectivity index (χ1v) is 12.7. The zero-order valence-corrected chi connectivity index (χ0v) is 20.3. The largest absolute Gasteiger partial charge is 0.472 e. The molecule has 2 aromatic rings. The smallest absolute Gasteiger partial charge is 0.259 e. The number of nitrogens with zero attached hydrogens (tertiary/aromatic N) is 3. The van der Waals surface area contributed by atoms with Crippen molar-refractivity contribution in [3.8, 4) is 5.88 Å². The summed E-state index contributed by atoms with van der Waals surface area (Å²) >= 11 is 1.16. The third-order valence-corrected chi connectivity index (χ3v) is 8.69. The predicted molar refractivity (Wildman–Crippen MR) is 124 cm³/mol. The lowest BCUT2D eigenvalue weighted by Crippen LogP contribution is -2.50. The number of rotatable bonds is 7. The van der Waals surface area contributed by atoms with Crippen molar-refractivity contribution in [2.75, 3.05) is 26.7 Å². The predicted octanol–water partition coefficient (Wildman–Crippen LogP) is 2.72. The van der Waals surface area contributed by atoms with Crippen LogP contribution in [0.1, 0.15) is 36.7 Å². The number of amides is 1. The molecule has 0 spiro atoms. The molecular weight excluding hydrogens is 450 g/mol. The maximum Gasteiger partial charge on any atom is 0.259 e. The van der Waals surface area contributed by atoms with Crippen LogP contribution in [0.5, 0.6) is 5.88 Å². The number of pyridine rings is 1. The van der Waals surface area contributed by atoms with Gasteiger partial charge in [-0.1, -0.05) is 25.1 Å². The number of aliphatic hydroxyl groups excluding tert-OH is 1. The number of sulfonamides is 1. The fraction of sp³-hybridized carbons (Fsp3) is 0.455. The van der Waals surface area contributed by atoms with Crippen LogP contribution < -0.4 is 4.74 Å². The minimum absolute atomic E-state index is 0.0919. The molecule has 0 bridgehead atoms. The summed E-state index contributed by atoms with van der Waals surface area (Å²) in [7, 11) is -2.13. The molecule has 2 aromatic heterocycles. The lowest BCUT2D eigenvalue weighted by atomic mass is 10.00. The first kappa shape index (κ1) is 24.4. The highest BCUT2D eigenvalue weighted by atomic mass is 32.2. The molecule has 1 aliphatic rings. The molecule has 174 valence electrons. The molecule has 0 radical (unpaired) electrons. The highest BCUT2D eigenvalue weighted by molar-refractivity contribution is 7.91. The van der Waals surface area contributed by atoms with E-state index in [1.807, 2.05) is 26.0 Å². The van der Waals surface area contributed by atoms with Crippen molar-refractivity contribution in [3.05, 3.63) is 47.0 Å². The SMILES string of the molecule is C/C=C/c1cnc2c(c1)C(=O)N([C@H](C)CO)C[C@H](C)[C@@H](CN(C)S(=O)(=O)c1cccs1)O2. The van der Waals surface area contributed by atoms with Gasteiger partial charge in [0.2, 0.25) is 5.88 Å². The fourth-order valence-corrected chi connectivity index (χ4v) is 5.92. The number of aromatic nitrogens is 1. The average molecular weight is 480 g/mol. The molecule has 8 nitrogen and oxygen atoms in total. The van der Waals surface area contributed by atoms with Crippen LogP contribution in [-0.4, -0.2) is 72.5 Å². The molecule has 0 saturated carbocycles. The van der Waals surface area contributed by atoms with E-state index in [0.717, 1.165) is 16.9 Å². The molecule has 1 N–H and O–H groups in total. The van der Waals surface area contributed by atoms with Gasteiger partial charge in [-0.3, -0.25) is 4.79 Å². The van der Waals surface area contributed by atoms with Gasteiger partial charge < -0.3 is 14.7 Å². The minimum Gasteiger partial charge on any atom is -0.472 e. The van der Waals surface area contributed by atoms with Gasteiger partial charge in [-0.2, -0.15) is 4.31 Å². The van der Waals surface area contributed by atoms with Crippen LogP contribution in [0.15, 0.2) is 40.1 Å². The number of thiophene rings is 1. The van der Waals surface area contributed by atoms with E-state index in [4.69, 9.17) is 4.74 Å². The molecule has 0 saturated heterocycles. The highest BCUT2D eigenvalue weighted by Crippen LogP contribution is 2.29. The van der Waals surface area contributed by atoms with Crippen molar-refractivity contribution in [2.24, 2.45) is 5.92 Å². The van der Waals surface area contributed by atoms with Crippen LogP contribution in [0.25, 0.3) is 6.08 Å². The van der Waals surface area contributed by atoms with Crippen molar-refractivity contribution in [3.63, 3.8) is 0 Å². The van der Waals surface area contributed by atoms with Crippen LogP contribution in [0.3, 0.4) is 0 Å². The Morgan fingerprint density at radius 1 is 1.47 bits per heavy atom. The van der Waals surface area contributed by atoms with E-state index in [2.05, 4.69) is 4.98 Å². The molecule has 3 rings (SSSR count). The molecule has 1 aliphatic heterocycles. The molecule has 3 heterocycles. The first-order chi connectivity index (χ1) is 15.2. The lowest BCUT2D eigenvalue weighted by molar-refractivity contribution is 0.0373. The van der Waals surface area contributed by atoms with Gasteiger partial charge >= 0.3 is 0 Å². The fourth-order valence-electron chi connectivity index (χ4n) is 3.54. The summed E-state index contributed by atoms with van der Waals surface area (Å²) < 4.78 is 33.5. The van der Waals surface area contributed by atoms with Crippen LogP contribution in [-0.2, 0) is 10.0 Å². The van der Waals surface area contributed by atoms with E-state index in [1.54, 1.807) is 41.6 Å². The second-order valence-electron chi connectivity index (χ2n) is 7.96. The average Bonchev–Trinajstić information content (AvgIpc) is 3.32. The van der Waals surface area contributed by atoms with Crippen molar-refractivity contribution in [1.29, 1.82) is 0 Å². The third-order valence-electron chi connectivity index (χ3n) is 5.50. The number of likely N-dealkylation sites (N-methyl/N-ethyl adjacent to an activating group) is 1. The number of ether oxygens (including phenoxy) is 1. The van der Waals surface area contributed by atoms with E-state index in [0.29, 0.717) is 12.1 Å². The summed E-state index contributed by atoms with van der Waals surface area (Å²) in [5.74, 6) is -0.318. The number of aliphatic hydroxyl groups is 1. The molecule has 3 atom stereocenters. The standard InChI is InChI=1S/C22H29N3O5S2/c1-5-7-17-10-18-21(23-11-17)30-19(15(2)12-25(22(18)27)16(3)14-26)13-24(4)32(28,29)20-8-6-9-31-20/h5-11,15-16,19,26H,12-14H2,1-4H3/b7-5+/t15-,16+,19+/m0/s1. The number of carbonyl (C=O) groups excluding carboxylic acids is 1. The summed E-state index contributed by atoms with van der Waals surface area (Å²) in [5, 5.41) is 11.4. The number of hydrogen-bond donors (Lipinski definition) is 1. The maximum absolute atomic E-state index is 13.3. The zero-order valence-electron chi connectivity index (χ0n) is 18.6. The van der Waals surface area contributed by atoms with Gasteiger partial charge in [0.1, 0.15) is 15.9 Å². The Morgan fingerprint density at radius 2 is 2.22 bits per heavy atom. The molecule has 0 unspecified atom stereocenters. The van der Waals surface area contributed by atoms with Crippen molar-refractivity contribution in [1.82, 2.24) is 14.2 Å². The second-order valence-corrected chi connectivity index (χ2v) is 11.2. The van der Waals surface area contributed by atoms with Gasteiger partial charge in [-0.15, -0.1) is 11.3 Å². The Labute approximate surface area is 193 Å². The van der Waals surface area contributed by atoms with Gasteiger partial charge in [0.15, 0.2) is 0 Å². The molecular formula is C22H29N3O5S2. The van der Waals surface area contributed by atoms with Crippen molar-refractivity contribution < 1.29 is 23.1 Å². The minimum atomic E-state index is -3.65. The lowest BCUT2D eigenvalue weighted by Gasteiger charge is -2.37. The van der Waals surface area contributed by atoms with Gasteiger partial charge in [0.25, 0.3) is 15.9 Å². The molecule has 0 aliphatic carbocycles. The summed E-state index contributed by atoms with van der Waals surface area (Å²) in [5.41, 5.74) is 1.05. The summed E-state index contributed by atoms with van der Waals surface area (Å²) in [6, 6.07) is 4.57. The summed E-state index contributed by atoms with van der Waals surface area (Å²) in [4.78, 5) is 19.3.